The van der Waals surface area contributed by atoms with Gasteiger partial charge in [0.2, 0.25) is 41.0 Å². The van der Waals surface area contributed by atoms with Crippen molar-refractivity contribution < 1.29 is 49.3 Å². The summed E-state index contributed by atoms with van der Waals surface area (Å²) in [4.78, 5) is 81.0. The Morgan fingerprint density at radius 2 is 0.860 bits per heavy atom. The minimum Gasteiger partial charge on any atom is -0.356 e. The van der Waals surface area contributed by atoms with E-state index < -0.39 is 45.9 Å². The molecule has 0 aromatic rings. The molecule has 6 N–H and O–H groups in total. The summed E-state index contributed by atoms with van der Waals surface area (Å²) in [5.41, 5.74) is -1.44. The lowest BCUT2D eigenvalue weighted by Gasteiger charge is -2.26. The van der Waals surface area contributed by atoms with Crippen molar-refractivity contribution in [2.45, 2.75) is 84.1 Å². The fraction of sp³-hybridized carbons (Fsp3) is 0.760. The summed E-state index contributed by atoms with van der Waals surface area (Å²) < 4.78 is 0. The number of hydrogen-bond acceptors (Lipinski definition) is 11. The Hall–Kier alpha value is -3.90. The molecule has 0 radical (unpaired) electrons. The van der Waals surface area contributed by atoms with Crippen molar-refractivity contribution in [2.24, 2.45) is 0 Å². The largest absolute Gasteiger partial charge is 0.356 e. The first kappa shape index (κ1) is 39.1. The maximum Gasteiger partial charge on any atom is 0.242 e. The number of nitrogens with zero attached hydrogens (tertiary/aromatic N) is 4. The van der Waals surface area contributed by atoms with Crippen LogP contribution in [0, 0.1) is 10.1 Å². The Balaban J connectivity index is 5.03. The SMILES string of the molecule is CC(=O)N(O)CCC(=O)NCCCC(CCCNC(=O)CCN(O)C(C)=O)(CCCNC(=O)CCN(O)C(C)=O)[N+](=O)[O-]. The molecule has 0 saturated carbocycles. The highest BCUT2D eigenvalue weighted by Crippen LogP contribution is 2.29. The van der Waals surface area contributed by atoms with Crippen LogP contribution in [0.25, 0.3) is 0 Å². The van der Waals surface area contributed by atoms with Gasteiger partial charge in [0, 0.05) is 83.9 Å². The summed E-state index contributed by atoms with van der Waals surface area (Å²) in [5.74, 6) is -3.20. The molecule has 0 saturated heterocycles. The van der Waals surface area contributed by atoms with Crippen molar-refractivity contribution in [3.8, 4) is 0 Å². The van der Waals surface area contributed by atoms with Crippen LogP contribution in [-0.2, 0) is 28.8 Å². The number of nitro groups is 1. The number of carbonyl (C=O) groups excluding carboxylic acids is 6. The standard InChI is InChI=1S/C25H45N7O11/c1-19(33)29(39)16-7-22(36)26-13-4-10-25(32(42)43,11-5-14-27-23(37)8-17-30(40)20(2)34)12-6-15-28-24(38)9-18-31(41)21(3)35/h39-41H,4-18H2,1-3H3,(H,26,36)(H,27,37)(H,28,38). The normalized spacial score (nSPS) is 10.8. The van der Waals surface area contributed by atoms with Crippen molar-refractivity contribution in [1.29, 1.82) is 0 Å². The Morgan fingerprint density at radius 3 is 1.07 bits per heavy atom. The van der Waals surface area contributed by atoms with Crippen LogP contribution in [-0.4, -0.2) is 116 Å². The van der Waals surface area contributed by atoms with E-state index in [0.717, 1.165) is 20.8 Å². The molecule has 43 heavy (non-hydrogen) atoms. The minimum absolute atomic E-state index is 0.0674. The number of carbonyl (C=O) groups is 6. The molecular weight excluding hydrogens is 574 g/mol. The first-order valence-electron chi connectivity index (χ1n) is 14.0. The van der Waals surface area contributed by atoms with Crippen LogP contribution in [0.4, 0.5) is 0 Å². The second kappa shape index (κ2) is 20.9. The molecule has 246 valence electrons. The van der Waals surface area contributed by atoms with Gasteiger partial charge in [-0.2, -0.15) is 0 Å². The molecule has 0 aliphatic rings. The van der Waals surface area contributed by atoms with Crippen molar-refractivity contribution in [3.63, 3.8) is 0 Å². The summed E-state index contributed by atoms with van der Waals surface area (Å²) in [6, 6.07) is 0. The molecule has 0 aromatic carbocycles. The summed E-state index contributed by atoms with van der Waals surface area (Å²) in [6.45, 7) is 3.13. The van der Waals surface area contributed by atoms with Crippen LogP contribution >= 0.6 is 0 Å². The molecule has 0 bridgehead atoms. The van der Waals surface area contributed by atoms with Gasteiger partial charge in [-0.15, -0.1) is 0 Å². The van der Waals surface area contributed by atoms with Gasteiger partial charge in [-0.05, 0) is 19.3 Å². The Morgan fingerprint density at radius 1 is 0.605 bits per heavy atom. The molecule has 18 nitrogen and oxygen atoms in total. The average molecular weight is 620 g/mol. The third-order valence-corrected chi connectivity index (χ3v) is 6.55. The summed E-state index contributed by atoms with van der Waals surface area (Å²) in [7, 11) is 0. The van der Waals surface area contributed by atoms with Crippen LogP contribution in [0.5, 0.6) is 0 Å². The molecule has 0 spiro atoms. The van der Waals surface area contributed by atoms with Crippen LogP contribution in [0.2, 0.25) is 0 Å². The van der Waals surface area contributed by atoms with Crippen LogP contribution in [0.1, 0.15) is 78.6 Å². The lowest BCUT2D eigenvalue weighted by molar-refractivity contribution is -0.574. The predicted molar refractivity (Wildman–Crippen MR) is 148 cm³/mol. The molecular formula is C25H45N7O11. The number of nitrogens with one attached hydrogen (secondary N) is 3. The molecule has 0 aliphatic carbocycles. The van der Waals surface area contributed by atoms with Gasteiger partial charge in [-0.25, -0.2) is 15.2 Å². The van der Waals surface area contributed by atoms with E-state index in [1.165, 1.54) is 0 Å². The summed E-state index contributed by atoms with van der Waals surface area (Å²) in [5, 5.41) is 49.4. The molecule has 18 heteroatoms. The van der Waals surface area contributed by atoms with Gasteiger partial charge in [0.25, 0.3) is 0 Å². The number of amides is 6. The maximum absolute atomic E-state index is 12.3. The summed E-state index contributed by atoms with van der Waals surface area (Å²) >= 11 is 0. The molecule has 0 atom stereocenters. The molecule has 0 rings (SSSR count). The van der Waals surface area contributed by atoms with E-state index in [-0.39, 0.29) is 97.1 Å². The van der Waals surface area contributed by atoms with E-state index in [1.54, 1.807) is 0 Å². The lowest BCUT2D eigenvalue weighted by atomic mass is 9.84. The highest BCUT2D eigenvalue weighted by atomic mass is 16.6. The minimum atomic E-state index is -1.44. The number of hydroxylamine groups is 6. The van der Waals surface area contributed by atoms with Crippen LogP contribution in [0.15, 0.2) is 0 Å². The van der Waals surface area contributed by atoms with Crippen molar-refractivity contribution in [3.05, 3.63) is 10.1 Å². The van der Waals surface area contributed by atoms with Gasteiger partial charge in [0.15, 0.2) is 0 Å². The van der Waals surface area contributed by atoms with Crippen molar-refractivity contribution in [2.75, 3.05) is 39.3 Å². The zero-order chi connectivity index (χ0) is 33.0. The monoisotopic (exact) mass is 619 g/mol. The molecule has 0 fully saturated rings. The second-order valence-corrected chi connectivity index (χ2v) is 10.0. The average Bonchev–Trinajstić information content (AvgIpc) is 2.94. The van der Waals surface area contributed by atoms with Crippen LogP contribution < -0.4 is 16.0 Å². The third-order valence-electron chi connectivity index (χ3n) is 6.55. The van der Waals surface area contributed by atoms with Gasteiger partial charge < -0.3 is 16.0 Å². The second-order valence-electron chi connectivity index (χ2n) is 10.0. The maximum atomic E-state index is 12.3. The van der Waals surface area contributed by atoms with E-state index in [4.69, 9.17) is 0 Å². The Labute approximate surface area is 249 Å². The zero-order valence-electron chi connectivity index (χ0n) is 25.0. The Kier molecular flexibility index (Phi) is 19.0. The molecule has 0 heterocycles. The molecule has 0 unspecified atom stereocenters. The van der Waals surface area contributed by atoms with Gasteiger partial charge >= 0.3 is 0 Å². The molecule has 0 aliphatic heterocycles. The highest BCUT2D eigenvalue weighted by Gasteiger charge is 2.41. The molecule has 6 amide bonds. The smallest absolute Gasteiger partial charge is 0.242 e. The van der Waals surface area contributed by atoms with Gasteiger partial charge in [-0.3, -0.25) is 54.5 Å². The topological polar surface area (TPSA) is 252 Å². The highest BCUT2D eigenvalue weighted by molar-refractivity contribution is 5.78. The first-order chi connectivity index (χ1) is 20.1. The fourth-order valence-corrected chi connectivity index (χ4v) is 3.94. The number of hydrogen-bond donors (Lipinski definition) is 6. The van der Waals surface area contributed by atoms with Crippen molar-refractivity contribution >= 4 is 35.4 Å². The van der Waals surface area contributed by atoms with Gasteiger partial charge in [0.1, 0.15) is 0 Å². The van der Waals surface area contributed by atoms with Gasteiger partial charge in [-0.1, -0.05) is 0 Å². The zero-order valence-corrected chi connectivity index (χ0v) is 25.0. The molecule has 0 aromatic heterocycles. The van der Waals surface area contributed by atoms with Crippen molar-refractivity contribution in [1.82, 2.24) is 31.1 Å². The Bertz CT molecular complexity index is 856. The summed E-state index contributed by atoms with van der Waals surface area (Å²) in [6.07, 6.45) is 0.430. The quantitative estimate of drug-likeness (QED) is 0.0392. The number of rotatable bonds is 22. The van der Waals surface area contributed by atoms with E-state index in [2.05, 4.69) is 16.0 Å². The first-order valence-corrected chi connectivity index (χ1v) is 14.0. The fourth-order valence-electron chi connectivity index (χ4n) is 3.94. The van der Waals surface area contributed by atoms with E-state index >= 15 is 0 Å². The van der Waals surface area contributed by atoms with E-state index in [9.17, 15) is 54.5 Å². The van der Waals surface area contributed by atoms with E-state index in [1.807, 2.05) is 0 Å². The van der Waals surface area contributed by atoms with Gasteiger partial charge in [0.05, 0.1) is 19.6 Å². The lowest BCUT2D eigenvalue weighted by Crippen LogP contribution is -2.41. The third kappa shape index (κ3) is 17.6. The van der Waals surface area contributed by atoms with E-state index in [0.29, 0.717) is 15.2 Å². The predicted octanol–water partition coefficient (Wildman–Crippen LogP) is -0.425. The van der Waals surface area contributed by atoms with Crippen LogP contribution in [0.3, 0.4) is 0 Å².